The Morgan fingerprint density at radius 3 is 2.23 bits per heavy atom. The average Bonchev–Trinajstić information content (AvgIpc) is 3.18. The van der Waals surface area contributed by atoms with Crippen molar-refractivity contribution in [2.24, 2.45) is 0 Å². The number of nitrogens with zero attached hydrogens (tertiary/aromatic N) is 2. The van der Waals surface area contributed by atoms with E-state index in [4.69, 9.17) is 0 Å². The fourth-order valence-corrected chi connectivity index (χ4v) is 2.71. The number of allylic oxidation sites excluding steroid dienone is 2. The van der Waals surface area contributed by atoms with Crippen molar-refractivity contribution in [3.05, 3.63) is 83.6 Å². The van der Waals surface area contributed by atoms with E-state index in [0.29, 0.717) is 0 Å². The van der Waals surface area contributed by atoms with Crippen LogP contribution in [-0.4, -0.2) is 21.3 Å². The third-order valence-electron chi connectivity index (χ3n) is 4.39. The largest absolute Gasteiger partial charge is 0.416 e. The number of hydrogen-bond donors (Lipinski definition) is 0. The summed E-state index contributed by atoms with van der Waals surface area (Å²) in [6.45, 7) is 1.62. The van der Waals surface area contributed by atoms with E-state index in [1.165, 1.54) is 12.1 Å². The molecule has 3 aromatic rings. The summed E-state index contributed by atoms with van der Waals surface area (Å²) in [7, 11) is 0. The first-order valence-corrected chi connectivity index (χ1v) is 9.08. The third-order valence-corrected chi connectivity index (χ3v) is 4.39. The third kappa shape index (κ3) is 4.93. The Bertz CT molecular complexity index is 1160. The molecule has 2 aromatic carbocycles. The Morgan fingerprint density at radius 1 is 0.968 bits per heavy atom. The Kier molecular flexibility index (Phi) is 6.14. The van der Waals surface area contributed by atoms with Gasteiger partial charge in [-0.25, -0.2) is 13.5 Å². The molecule has 0 saturated carbocycles. The van der Waals surface area contributed by atoms with Crippen LogP contribution in [0.5, 0.6) is 0 Å². The molecule has 0 bridgehead atoms. The highest BCUT2D eigenvalue weighted by Crippen LogP contribution is 2.30. The molecule has 0 saturated heterocycles. The predicted octanol–water partition coefficient (Wildman–Crippen LogP) is 5.55. The summed E-state index contributed by atoms with van der Waals surface area (Å²) in [5.41, 5.74) is -0.560. The maximum absolute atomic E-state index is 13.6. The van der Waals surface area contributed by atoms with Crippen molar-refractivity contribution in [3.8, 4) is 16.9 Å². The molecule has 31 heavy (non-hydrogen) atoms. The molecule has 0 aliphatic carbocycles. The highest BCUT2D eigenvalue weighted by atomic mass is 19.4. The quantitative estimate of drug-likeness (QED) is 0.290. The van der Waals surface area contributed by atoms with Crippen molar-refractivity contribution in [3.63, 3.8) is 0 Å². The summed E-state index contributed by atoms with van der Waals surface area (Å²) in [4.78, 5) is 24.1. The molecular weight excluding hydrogens is 419 g/mol. The first-order valence-electron chi connectivity index (χ1n) is 9.08. The predicted molar refractivity (Wildman–Crippen MR) is 103 cm³/mol. The van der Waals surface area contributed by atoms with Crippen LogP contribution in [0.3, 0.4) is 0 Å². The van der Waals surface area contributed by atoms with E-state index in [0.717, 1.165) is 53.2 Å². The van der Waals surface area contributed by atoms with E-state index < -0.39 is 29.2 Å². The number of carbonyl (C=O) groups is 2. The molecule has 0 aliphatic rings. The summed E-state index contributed by atoms with van der Waals surface area (Å²) in [5.74, 6) is -3.12. The van der Waals surface area contributed by atoms with Gasteiger partial charge in [-0.15, -0.1) is 0 Å². The minimum Gasteiger partial charge on any atom is -0.295 e. The molecule has 0 spiro atoms. The van der Waals surface area contributed by atoms with E-state index in [1.807, 2.05) is 0 Å². The van der Waals surface area contributed by atoms with Gasteiger partial charge < -0.3 is 0 Å². The van der Waals surface area contributed by atoms with Gasteiger partial charge in [-0.2, -0.15) is 18.3 Å². The minimum absolute atomic E-state index is 0.0698. The van der Waals surface area contributed by atoms with Gasteiger partial charge in [-0.1, -0.05) is 6.92 Å². The molecule has 0 unspecified atom stereocenters. The minimum atomic E-state index is -4.54. The Balaban J connectivity index is 2.10. The molecule has 0 fully saturated rings. The second-order valence-electron chi connectivity index (χ2n) is 6.52. The number of rotatable bonds is 6. The van der Waals surface area contributed by atoms with Crippen molar-refractivity contribution in [1.82, 2.24) is 9.78 Å². The number of carbonyl (C=O) groups excluding carboxylic acids is 2. The second-order valence-corrected chi connectivity index (χ2v) is 6.52. The molecule has 0 aliphatic heterocycles. The lowest BCUT2D eigenvalue weighted by molar-refractivity contribution is -0.137. The normalized spacial score (nSPS) is 11.8. The highest BCUT2D eigenvalue weighted by Gasteiger charge is 2.30. The fourth-order valence-electron chi connectivity index (χ4n) is 2.71. The van der Waals surface area contributed by atoms with E-state index >= 15 is 0 Å². The molecule has 0 atom stereocenters. The molecule has 9 heteroatoms. The van der Waals surface area contributed by atoms with Crippen molar-refractivity contribution < 1.29 is 31.5 Å². The Morgan fingerprint density at radius 2 is 1.65 bits per heavy atom. The Labute approximate surface area is 173 Å². The van der Waals surface area contributed by atoms with Crippen molar-refractivity contribution >= 4 is 11.6 Å². The smallest absolute Gasteiger partial charge is 0.295 e. The zero-order chi connectivity index (χ0) is 22.8. The monoisotopic (exact) mass is 434 g/mol. The van der Waals surface area contributed by atoms with Crippen LogP contribution >= 0.6 is 0 Å². The molecule has 0 N–H and O–H groups in total. The lowest BCUT2D eigenvalue weighted by Crippen LogP contribution is -2.09. The summed E-state index contributed by atoms with van der Waals surface area (Å²) in [6.07, 6.45) is -2.24. The molecule has 3 rings (SSSR count). The summed E-state index contributed by atoms with van der Waals surface area (Å²) < 4.78 is 66.5. The van der Waals surface area contributed by atoms with Gasteiger partial charge in [0.15, 0.2) is 17.4 Å². The van der Waals surface area contributed by atoms with Crippen LogP contribution in [0, 0.1) is 11.6 Å². The number of benzene rings is 2. The van der Waals surface area contributed by atoms with Gasteiger partial charge in [0.2, 0.25) is 5.78 Å². The van der Waals surface area contributed by atoms with Gasteiger partial charge in [0, 0.05) is 12.0 Å². The summed E-state index contributed by atoms with van der Waals surface area (Å²) in [6, 6.07) is 8.24. The molecule has 1 aromatic heterocycles. The van der Waals surface area contributed by atoms with Gasteiger partial charge in [0.1, 0.15) is 5.69 Å². The van der Waals surface area contributed by atoms with Gasteiger partial charge >= 0.3 is 6.18 Å². The SMILES string of the molecule is CCC(=O)/C=C\C(=O)c1cc(-c2ccc(F)c(F)c2)nn1-c1ccc(C(F)(F)F)cc1. The zero-order valence-electron chi connectivity index (χ0n) is 16.1. The number of hydrogen-bond acceptors (Lipinski definition) is 3. The summed E-state index contributed by atoms with van der Waals surface area (Å²) >= 11 is 0. The molecule has 0 amide bonds. The maximum Gasteiger partial charge on any atom is 0.416 e. The average molecular weight is 434 g/mol. The fraction of sp³-hybridized carbons (Fsp3) is 0.136. The van der Waals surface area contributed by atoms with Crippen molar-refractivity contribution in [2.45, 2.75) is 19.5 Å². The van der Waals surface area contributed by atoms with Crippen LogP contribution < -0.4 is 0 Å². The molecular formula is C22H15F5N2O2. The van der Waals surface area contributed by atoms with Crippen LogP contribution in [0.1, 0.15) is 29.4 Å². The van der Waals surface area contributed by atoms with Crippen molar-refractivity contribution in [2.75, 3.05) is 0 Å². The van der Waals surface area contributed by atoms with Crippen molar-refractivity contribution in [1.29, 1.82) is 0 Å². The highest BCUT2D eigenvalue weighted by molar-refractivity contribution is 6.07. The van der Waals surface area contributed by atoms with Gasteiger partial charge in [-0.05, 0) is 60.7 Å². The van der Waals surface area contributed by atoms with Crippen LogP contribution in [0.15, 0.2) is 60.7 Å². The van der Waals surface area contributed by atoms with E-state index in [9.17, 15) is 31.5 Å². The number of aromatic nitrogens is 2. The van der Waals surface area contributed by atoms with Crippen LogP contribution in [0.2, 0.25) is 0 Å². The summed E-state index contributed by atoms with van der Waals surface area (Å²) in [5, 5.41) is 4.19. The van der Waals surface area contributed by atoms with E-state index in [1.54, 1.807) is 6.92 Å². The topological polar surface area (TPSA) is 52.0 Å². The standard InChI is InChI=1S/C22H15F5N2O2/c1-2-16(30)8-10-21(31)20-12-19(13-3-9-17(23)18(24)11-13)28-29(20)15-6-4-14(5-7-15)22(25,26)27/h3-12H,2H2,1H3/b10-8-. The van der Waals surface area contributed by atoms with E-state index in [2.05, 4.69) is 5.10 Å². The molecule has 4 nitrogen and oxygen atoms in total. The Hall–Kier alpha value is -3.62. The number of ketones is 2. The lowest BCUT2D eigenvalue weighted by Gasteiger charge is -2.09. The lowest BCUT2D eigenvalue weighted by atomic mass is 10.1. The van der Waals surface area contributed by atoms with Gasteiger partial charge in [-0.3, -0.25) is 9.59 Å². The molecule has 1 heterocycles. The molecule has 0 radical (unpaired) electrons. The number of halogens is 5. The molecule has 160 valence electrons. The second kappa shape index (κ2) is 8.63. The van der Waals surface area contributed by atoms with Gasteiger partial charge in [0.25, 0.3) is 0 Å². The first-order chi connectivity index (χ1) is 14.6. The van der Waals surface area contributed by atoms with Crippen LogP contribution in [0.25, 0.3) is 16.9 Å². The van der Waals surface area contributed by atoms with Gasteiger partial charge in [0.05, 0.1) is 16.9 Å². The zero-order valence-corrected chi connectivity index (χ0v) is 16.1. The maximum atomic E-state index is 13.6. The first kappa shape index (κ1) is 22.1. The van der Waals surface area contributed by atoms with Crippen LogP contribution in [-0.2, 0) is 11.0 Å². The van der Waals surface area contributed by atoms with Crippen LogP contribution in [0.4, 0.5) is 22.0 Å². The van der Waals surface area contributed by atoms with E-state index in [-0.39, 0.29) is 34.8 Å². The number of alkyl halides is 3.